The second-order valence-corrected chi connectivity index (χ2v) is 9.74. The Balaban J connectivity index is 2.32. The molecule has 1 aliphatic rings. The third-order valence-electron chi connectivity index (χ3n) is 3.79. The van der Waals surface area contributed by atoms with Gasteiger partial charge in [0.2, 0.25) is 6.10 Å². The highest BCUT2D eigenvalue weighted by Crippen LogP contribution is 2.31. The quantitative estimate of drug-likeness (QED) is 0.570. The summed E-state index contributed by atoms with van der Waals surface area (Å²) in [5.41, 5.74) is 0.502. The zero-order chi connectivity index (χ0) is 21.3. The number of cyclic esters (lactones) is 1. The number of alkyl halides is 2. The second kappa shape index (κ2) is 7.56. The Morgan fingerprint density at radius 2 is 1.86 bits per heavy atom. The van der Waals surface area contributed by atoms with E-state index < -0.39 is 51.9 Å². The van der Waals surface area contributed by atoms with Crippen molar-refractivity contribution < 1.29 is 44.7 Å². The number of carbonyl (C=O) groups excluding carboxylic acids is 2. The lowest BCUT2D eigenvalue weighted by molar-refractivity contribution is -0.172. The summed E-state index contributed by atoms with van der Waals surface area (Å²) in [5.74, 6) is -3.69. The molecule has 1 unspecified atom stereocenters. The van der Waals surface area contributed by atoms with Crippen molar-refractivity contribution in [2.45, 2.75) is 22.7 Å². The first-order chi connectivity index (χ1) is 12.9. The fraction of sp³-hybridized carbons (Fsp3) is 0.333. The van der Waals surface area contributed by atoms with Crippen LogP contribution in [0.4, 0.5) is 8.78 Å². The van der Waals surface area contributed by atoms with Gasteiger partial charge >= 0.3 is 27.2 Å². The number of halogens is 2. The number of carbonyl (C=O) groups is 2. The minimum atomic E-state index is -6.05. The fourth-order valence-corrected chi connectivity index (χ4v) is 5.03. The largest absolute Gasteiger partial charge is 0.463 e. The molecule has 0 spiro atoms. The summed E-state index contributed by atoms with van der Waals surface area (Å²) < 4.78 is 85.6. The Labute approximate surface area is 159 Å². The molecule has 0 saturated carbocycles. The number of sulfonamides is 2. The second-order valence-electron chi connectivity index (χ2n) is 5.53. The van der Waals surface area contributed by atoms with Gasteiger partial charge in [0.1, 0.15) is 0 Å². The van der Waals surface area contributed by atoms with E-state index in [2.05, 4.69) is 16.1 Å². The van der Waals surface area contributed by atoms with Crippen LogP contribution in [0.5, 0.6) is 0 Å². The summed E-state index contributed by atoms with van der Waals surface area (Å²) in [7, 11) is -10.6. The number of benzene rings is 1. The minimum Gasteiger partial charge on any atom is -0.463 e. The van der Waals surface area contributed by atoms with Crippen LogP contribution in [0, 0.1) is 0 Å². The van der Waals surface area contributed by atoms with Crippen molar-refractivity contribution in [3.63, 3.8) is 0 Å². The number of hydrogen-bond acceptors (Lipinski definition) is 8. The molecule has 0 N–H and O–H groups in total. The van der Waals surface area contributed by atoms with Crippen LogP contribution in [0.15, 0.2) is 35.7 Å². The first kappa shape index (κ1) is 21.9. The molecular weight excluding hydrogens is 424 g/mol. The normalized spacial score (nSPS) is 18.0. The van der Waals surface area contributed by atoms with Gasteiger partial charge in [-0.2, -0.15) is 8.78 Å². The minimum absolute atomic E-state index is 0.190. The highest BCUT2D eigenvalue weighted by molar-refractivity contribution is 8.04. The van der Waals surface area contributed by atoms with Gasteiger partial charge < -0.3 is 9.47 Å². The van der Waals surface area contributed by atoms with Crippen molar-refractivity contribution in [3.8, 4) is 0 Å². The average molecular weight is 439 g/mol. The van der Waals surface area contributed by atoms with Gasteiger partial charge in [0, 0.05) is 13.5 Å². The molecule has 9 nitrogen and oxygen atoms in total. The summed E-state index contributed by atoms with van der Waals surface area (Å²) in [5, 5.41) is -5.27. The predicted octanol–water partition coefficient (Wildman–Crippen LogP) is 0.731. The lowest BCUT2D eigenvalue weighted by Crippen LogP contribution is -2.50. The molecule has 2 rings (SSSR count). The molecule has 0 aliphatic carbocycles. The first-order valence-corrected chi connectivity index (χ1v) is 10.5. The van der Waals surface area contributed by atoms with E-state index in [1.54, 1.807) is 0 Å². The number of nitrogens with zero attached hydrogens (tertiary/aromatic N) is 1. The third-order valence-corrected chi connectivity index (χ3v) is 8.00. The lowest BCUT2D eigenvalue weighted by Gasteiger charge is -2.23. The molecule has 1 fully saturated rings. The number of hydrogen-bond donors (Lipinski definition) is 0. The molecule has 154 valence electrons. The molecule has 28 heavy (non-hydrogen) atoms. The van der Waals surface area contributed by atoms with Gasteiger partial charge in [-0.3, -0.25) is 0 Å². The number of rotatable bonds is 7. The average Bonchev–Trinajstić information content (AvgIpc) is 3.05. The highest BCUT2D eigenvalue weighted by atomic mass is 32.3. The van der Waals surface area contributed by atoms with Gasteiger partial charge in [0.25, 0.3) is 10.0 Å². The highest BCUT2D eigenvalue weighted by Gasteiger charge is 2.60. The van der Waals surface area contributed by atoms with Gasteiger partial charge in [-0.25, -0.2) is 26.4 Å². The maximum absolute atomic E-state index is 14.3. The van der Waals surface area contributed by atoms with Crippen LogP contribution in [0.2, 0.25) is 0 Å². The monoisotopic (exact) mass is 439 g/mol. The molecule has 13 heteroatoms. The van der Waals surface area contributed by atoms with Crippen molar-refractivity contribution in [3.05, 3.63) is 36.4 Å². The van der Waals surface area contributed by atoms with E-state index in [1.165, 1.54) is 18.2 Å². The van der Waals surface area contributed by atoms with Gasteiger partial charge in [0.15, 0.2) is 0 Å². The van der Waals surface area contributed by atoms with Crippen LogP contribution in [0.25, 0.3) is 6.08 Å². The van der Waals surface area contributed by atoms with Crippen LogP contribution in [0.3, 0.4) is 0 Å². The van der Waals surface area contributed by atoms with E-state index in [0.717, 1.165) is 12.1 Å². The Morgan fingerprint density at radius 1 is 1.29 bits per heavy atom. The molecule has 1 aromatic carbocycles. The van der Waals surface area contributed by atoms with Gasteiger partial charge in [-0.05, 0) is 17.7 Å². The maximum atomic E-state index is 14.3. The summed E-state index contributed by atoms with van der Waals surface area (Å²) >= 11 is 0. The molecule has 0 bridgehead atoms. The molecular formula is C15H15F2NO8S2. The van der Waals surface area contributed by atoms with Crippen LogP contribution in [0.1, 0.15) is 12.0 Å². The smallest absolute Gasteiger partial charge is 0.455 e. The van der Waals surface area contributed by atoms with E-state index in [9.17, 15) is 35.2 Å². The number of ether oxygens (including phenoxy) is 2. The summed E-state index contributed by atoms with van der Waals surface area (Å²) in [6, 6.07) is 4.53. The molecule has 1 atom stereocenters. The Hall–Kier alpha value is -2.38. The van der Waals surface area contributed by atoms with Crippen LogP contribution >= 0.6 is 0 Å². The van der Waals surface area contributed by atoms with Crippen molar-refractivity contribution in [2.24, 2.45) is 0 Å². The van der Waals surface area contributed by atoms with Crippen molar-refractivity contribution in [2.75, 3.05) is 13.7 Å². The summed E-state index contributed by atoms with van der Waals surface area (Å²) in [4.78, 5) is 22.3. The van der Waals surface area contributed by atoms with Crippen LogP contribution < -0.4 is 0 Å². The topological polar surface area (TPSA) is 124 Å². The van der Waals surface area contributed by atoms with Crippen LogP contribution in [-0.2, 0) is 39.1 Å². The third kappa shape index (κ3) is 3.77. The standard InChI is InChI=1S/C15H15F2NO8S2/c1-3-10-4-6-11(7-5-10)27(21,22)18(2)28(23,24)15(16,17)14(20)26-12-8-9-25-13(12)19/h3-7,12H,1,8-9H2,2H3. The van der Waals surface area contributed by atoms with Crippen LogP contribution in [-0.4, -0.2) is 57.5 Å². The fourth-order valence-electron chi connectivity index (χ4n) is 2.10. The maximum Gasteiger partial charge on any atom is 0.455 e. The molecule has 1 saturated heterocycles. The Bertz CT molecular complexity index is 1000. The van der Waals surface area contributed by atoms with Crippen molar-refractivity contribution in [1.82, 2.24) is 3.71 Å². The zero-order valence-electron chi connectivity index (χ0n) is 14.4. The SMILES string of the molecule is C=Cc1ccc(S(=O)(=O)N(C)S(=O)(=O)C(F)(F)C(=O)OC2CCOC2=O)cc1. The van der Waals surface area contributed by atoms with E-state index in [0.29, 0.717) is 12.6 Å². The summed E-state index contributed by atoms with van der Waals surface area (Å²) in [6.45, 7) is 3.27. The lowest BCUT2D eigenvalue weighted by atomic mass is 10.2. The molecule has 1 heterocycles. The predicted molar refractivity (Wildman–Crippen MR) is 90.8 cm³/mol. The molecule has 0 radical (unpaired) electrons. The van der Waals surface area contributed by atoms with Crippen molar-refractivity contribution >= 4 is 38.1 Å². The molecule has 1 aliphatic heterocycles. The van der Waals surface area contributed by atoms with E-state index in [1.807, 2.05) is 0 Å². The van der Waals surface area contributed by atoms with Gasteiger partial charge in [0.05, 0.1) is 11.5 Å². The van der Waals surface area contributed by atoms with E-state index >= 15 is 0 Å². The molecule has 0 amide bonds. The molecule has 0 aromatic heterocycles. The summed E-state index contributed by atoms with van der Waals surface area (Å²) in [6.07, 6.45) is -0.540. The first-order valence-electron chi connectivity index (χ1n) is 7.57. The van der Waals surface area contributed by atoms with E-state index in [4.69, 9.17) is 0 Å². The Morgan fingerprint density at radius 3 is 2.32 bits per heavy atom. The Kier molecular flexibility index (Phi) is 5.92. The molecule has 1 aromatic rings. The van der Waals surface area contributed by atoms with Gasteiger partial charge in [-0.15, -0.1) is 0 Å². The zero-order valence-corrected chi connectivity index (χ0v) is 16.0. The number of esters is 2. The van der Waals surface area contributed by atoms with E-state index in [-0.39, 0.29) is 13.0 Å². The van der Waals surface area contributed by atoms with Crippen molar-refractivity contribution in [1.29, 1.82) is 0 Å². The van der Waals surface area contributed by atoms with Gasteiger partial charge in [-0.1, -0.05) is 28.5 Å².